The number of benzene rings is 1. The van der Waals surface area contributed by atoms with Crippen molar-refractivity contribution in [1.82, 2.24) is 4.98 Å². The van der Waals surface area contributed by atoms with Crippen molar-refractivity contribution in [2.45, 2.75) is 32.8 Å². The van der Waals surface area contributed by atoms with Crippen molar-refractivity contribution >= 4 is 11.9 Å². The van der Waals surface area contributed by atoms with Gasteiger partial charge < -0.3 is 9.47 Å². The van der Waals surface area contributed by atoms with Gasteiger partial charge in [0.25, 0.3) is 0 Å². The first-order valence-electron chi connectivity index (χ1n) is 7.65. The number of ether oxygens (including phenoxy) is 2. The van der Waals surface area contributed by atoms with E-state index in [-0.39, 0.29) is 18.1 Å². The molecular formula is C19H21NO4. The highest BCUT2D eigenvalue weighted by Gasteiger charge is 2.17. The van der Waals surface area contributed by atoms with Crippen LogP contribution in [-0.4, -0.2) is 29.6 Å². The van der Waals surface area contributed by atoms with Crippen LogP contribution in [0.2, 0.25) is 0 Å². The number of pyridine rings is 1. The number of carbonyl (C=O) groups is 2. The lowest BCUT2D eigenvalue weighted by molar-refractivity contribution is -0.153. The maximum Gasteiger partial charge on any atom is 0.356 e. The van der Waals surface area contributed by atoms with Crippen molar-refractivity contribution in [1.29, 1.82) is 0 Å². The van der Waals surface area contributed by atoms with Crippen LogP contribution in [-0.2, 0) is 20.7 Å². The largest absolute Gasteiger partial charge is 0.464 e. The van der Waals surface area contributed by atoms with Gasteiger partial charge in [-0.05, 0) is 44.5 Å². The van der Waals surface area contributed by atoms with Crippen LogP contribution >= 0.6 is 0 Å². The van der Waals surface area contributed by atoms with Gasteiger partial charge in [-0.25, -0.2) is 9.78 Å². The average Bonchev–Trinajstić information content (AvgIpc) is 2.52. The zero-order valence-electron chi connectivity index (χ0n) is 14.3. The fourth-order valence-corrected chi connectivity index (χ4v) is 2.20. The normalized spacial score (nSPS) is 11.0. The summed E-state index contributed by atoms with van der Waals surface area (Å²) in [6.07, 6.45) is 0.182. The van der Waals surface area contributed by atoms with Gasteiger partial charge in [-0.3, -0.25) is 4.79 Å². The molecule has 126 valence electrons. The van der Waals surface area contributed by atoms with Crippen LogP contribution in [0, 0.1) is 0 Å². The lowest BCUT2D eigenvalue weighted by atomic mass is 10.0. The third-order valence-corrected chi connectivity index (χ3v) is 3.13. The third-order valence-electron chi connectivity index (χ3n) is 3.13. The molecule has 0 atom stereocenters. The van der Waals surface area contributed by atoms with Gasteiger partial charge in [0.1, 0.15) is 11.3 Å². The molecule has 0 amide bonds. The zero-order chi connectivity index (χ0) is 17.7. The molecule has 0 saturated heterocycles. The molecule has 0 aliphatic heterocycles. The van der Waals surface area contributed by atoms with Crippen LogP contribution in [0.1, 0.15) is 36.8 Å². The highest BCUT2D eigenvalue weighted by atomic mass is 16.6. The van der Waals surface area contributed by atoms with Crippen LogP contribution in [0.4, 0.5) is 0 Å². The predicted molar refractivity (Wildman–Crippen MR) is 90.6 cm³/mol. The van der Waals surface area contributed by atoms with Crippen LogP contribution in [0.25, 0.3) is 11.3 Å². The summed E-state index contributed by atoms with van der Waals surface area (Å²) in [7, 11) is 1.32. The van der Waals surface area contributed by atoms with Gasteiger partial charge in [0, 0.05) is 5.56 Å². The van der Waals surface area contributed by atoms with E-state index >= 15 is 0 Å². The van der Waals surface area contributed by atoms with E-state index in [4.69, 9.17) is 4.74 Å². The molecular weight excluding hydrogens is 306 g/mol. The molecule has 1 aromatic heterocycles. The van der Waals surface area contributed by atoms with Crippen molar-refractivity contribution in [2.24, 2.45) is 0 Å². The monoisotopic (exact) mass is 327 g/mol. The zero-order valence-corrected chi connectivity index (χ0v) is 14.3. The quantitative estimate of drug-likeness (QED) is 0.805. The second-order valence-corrected chi connectivity index (χ2v) is 6.36. The lowest BCUT2D eigenvalue weighted by Gasteiger charge is -2.19. The van der Waals surface area contributed by atoms with Gasteiger partial charge in [0.2, 0.25) is 0 Å². The molecule has 0 spiro atoms. The Hall–Kier alpha value is -2.69. The summed E-state index contributed by atoms with van der Waals surface area (Å²) in [5.41, 5.74) is 2.02. The average molecular weight is 327 g/mol. The Balaban J connectivity index is 2.22. The molecule has 0 aliphatic carbocycles. The Bertz CT molecular complexity index is 747. The molecule has 0 saturated carbocycles. The van der Waals surface area contributed by atoms with E-state index in [1.807, 2.05) is 45.0 Å². The number of methoxy groups -OCH3 is 1. The summed E-state index contributed by atoms with van der Waals surface area (Å²) in [6, 6.07) is 12.6. The molecule has 1 aromatic carbocycles. The molecule has 0 bridgehead atoms. The predicted octanol–water partition coefficient (Wildman–Crippen LogP) is 3.42. The smallest absolute Gasteiger partial charge is 0.356 e. The number of esters is 2. The van der Waals surface area contributed by atoms with Crippen molar-refractivity contribution in [3.63, 3.8) is 0 Å². The minimum absolute atomic E-state index is 0.182. The molecule has 0 N–H and O–H groups in total. The topological polar surface area (TPSA) is 65.5 Å². The summed E-state index contributed by atoms with van der Waals surface area (Å²) in [4.78, 5) is 27.9. The van der Waals surface area contributed by atoms with Gasteiger partial charge in [0.05, 0.1) is 19.2 Å². The Morgan fingerprint density at radius 2 is 1.79 bits per heavy atom. The second kappa shape index (κ2) is 7.25. The van der Waals surface area contributed by atoms with E-state index in [2.05, 4.69) is 9.72 Å². The van der Waals surface area contributed by atoms with E-state index in [1.165, 1.54) is 7.11 Å². The SMILES string of the molecule is COC(=O)c1cccc(-c2cccc(CC(=O)OC(C)(C)C)c2)n1. The van der Waals surface area contributed by atoms with Gasteiger partial charge in [0.15, 0.2) is 0 Å². The van der Waals surface area contributed by atoms with Crippen LogP contribution in [0.5, 0.6) is 0 Å². The summed E-state index contributed by atoms with van der Waals surface area (Å²) in [5, 5.41) is 0. The van der Waals surface area contributed by atoms with E-state index in [1.54, 1.807) is 18.2 Å². The van der Waals surface area contributed by atoms with E-state index in [0.717, 1.165) is 11.1 Å². The molecule has 5 heteroatoms. The molecule has 0 fully saturated rings. The standard InChI is InChI=1S/C19H21NO4/c1-19(2,3)24-17(21)12-13-7-5-8-14(11-13)15-9-6-10-16(20-15)18(22)23-4/h5-11H,12H2,1-4H3. The third kappa shape index (κ3) is 4.91. The van der Waals surface area contributed by atoms with Crippen molar-refractivity contribution in [2.75, 3.05) is 7.11 Å². The van der Waals surface area contributed by atoms with Gasteiger partial charge in [-0.1, -0.05) is 24.3 Å². The van der Waals surface area contributed by atoms with Crippen LogP contribution in [0.15, 0.2) is 42.5 Å². The molecule has 2 rings (SSSR count). The van der Waals surface area contributed by atoms with Crippen LogP contribution < -0.4 is 0 Å². The Morgan fingerprint density at radius 3 is 2.46 bits per heavy atom. The van der Waals surface area contributed by atoms with E-state index < -0.39 is 11.6 Å². The minimum Gasteiger partial charge on any atom is -0.464 e. The molecule has 5 nitrogen and oxygen atoms in total. The van der Waals surface area contributed by atoms with Crippen LogP contribution in [0.3, 0.4) is 0 Å². The number of carbonyl (C=O) groups excluding carboxylic acids is 2. The molecule has 0 aliphatic rings. The molecule has 24 heavy (non-hydrogen) atoms. The fourth-order valence-electron chi connectivity index (χ4n) is 2.20. The number of nitrogens with zero attached hydrogens (tertiary/aromatic N) is 1. The highest BCUT2D eigenvalue weighted by Crippen LogP contribution is 2.20. The van der Waals surface area contributed by atoms with Crippen molar-refractivity contribution in [3.05, 3.63) is 53.7 Å². The Morgan fingerprint density at radius 1 is 1.08 bits per heavy atom. The second-order valence-electron chi connectivity index (χ2n) is 6.36. The first kappa shape index (κ1) is 17.7. The number of aromatic nitrogens is 1. The lowest BCUT2D eigenvalue weighted by Crippen LogP contribution is -2.24. The highest BCUT2D eigenvalue weighted by molar-refractivity contribution is 5.87. The van der Waals surface area contributed by atoms with E-state index in [0.29, 0.717) is 5.69 Å². The molecule has 2 aromatic rings. The number of hydrogen-bond acceptors (Lipinski definition) is 5. The van der Waals surface area contributed by atoms with Gasteiger partial charge in [-0.15, -0.1) is 0 Å². The molecule has 0 unspecified atom stereocenters. The summed E-state index contributed by atoms with van der Waals surface area (Å²) >= 11 is 0. The Labute approximate surface area is 141 Å². The minimum atomic E-state index is -0.509. The fraction of sp³-hybridized carbons (Fsp3) is 0.316. The van der Waals surface area contributed by atoms with Crippen molar-refractivity contribution in [3.8, 4) is 11.3 Å². The summed E-state index contributed by atoms with van der Waals surface area (Å²) in [6.45, 7) is 5.51. The number of rotatable bonds is 4. The van der Waals surface area contributed by atoms with Crippen molar-refractivity contribution < 1.29 is 19.1 Å². The van der Waals surface area contributed by atoms with Gasteiger partial charge >= 0.3 is 11.9 Å². The maximum absolute atomic E-state index is 12.0. The van der Waals surface area contributed by atoms with E-state index in [9.17, 15) is 9.59 Å². The summed E-state index contributed by atoms with van der Waals surface area (Å²) < 4.78 is 10.0. The number of hydrogen-bond donors (Lipinski definition) is 0. The van der Waals surface area contributed by atoms with Gasteiger partial charge in [-0.2, -0.15) is 0 Å². The molecule has 0 radical (unpaired) electrons. The molecule has 1 heterocycles. The first-order chi connectivity index (χ1) is 11.3. The first-order valence-corrected chi connectivity index (χ1v) is 7.65. The summed E-state index contributed by atoms with van der Waals surface area (Å²) in [5.74, 6) is -0.766. The maximum atomic E-state index is 12.0. The Kier molecular flexibility index (Phi) is 5.34.